The van der Waals surface area contributed by atoms with Crippen molar-refractivity contribution in [3.8, 4) is 12.1 Å². The normalized spacial score (nSPS) is 9.59. The van der Waals surface area contributed by atoms with Gasteiger partial charge in [0.05, 0.1) is 17.1 Å². The number of hydrogen-bond acceptors (Lipinski definition) is 9. The number of rotatable bonds is 7. The van der Waals surface area contributed by atoms with Gasteiger partial charge in [-0.2, -0.15) is 10.5 Å². The molecule has 0 unspecified atom stereocenters. The maximum Gasteiger partial charge on any atom is 0.355 e. The summed E-state index contributed by atoms with van der Waals surface area (Å²) in [7, 11) is 0. The van der Waals surface area contributed by atoms with E-state index >= 15 is 0 Å². The van der Waals surface area contributed by atoms with Crippen LogP contribution in [0.2, 0.25) is 5.02 Å². The number of benzene rings is 1. The topological polar surface area (TPSA) is 161 Å². The van der Waals surface area contributed by atoms with Gasteiger partial charge in [0.15, 0.2) is 0 Å². The minimum absolute atomic E-state index is 0.224. The molecule has 0 fully saturated rings. The van der Waals surface area contributed by atoms with E-state index in [9.17, 15) is 14.9 Å². The van der Waals surface area contributed by atoms with E-state index < -0.39 is 16.5 Å². The van der Waals surface area contributed by atoms with Gasteiger partial charge in [-0.3, -0.25) is 25.8 Å². The SMILES string of the molecule is N#CCN(CC#N)c1ncnc(NNC(=O)c2cccc(Cl)c2)c1[N+](=O)[O-]. The second kappa shape index (κ2) is 8.94. The Kier molecular flexibility index (Phi) is 6.41. The molecule has 0 saturated heterocycles. The molecule has 0 aliphatic rings. The van der Waals surface area contributed by atoms with Crippen molar-refractivity contribution in [3.05, 3.63) is 51.3 Å². The zero-order valence-electron chi connectivity index (χ0n) is 13.6. The maximum absolute atomic E-state index is 12.1. The summed E-state index contributed by atoms with van der Waals surface area (Å²) in [6.45, 7) is -0.584. The van der Waals surface area contributed by atoms with Crippen molar-refractivity contribution < 1.29 is 9.72 Å². The number of carbonyl (C=O) groups excluding carboxylic acids is 1. The van der Waals surface area contributed by atoms with Gasteiger partial charge in [-0.15, -0.1) is 0 Å². The molecule has 0 aliphatic heterocycles. The first-order valence-corrected chi connectivity index (χ1v) is 7.66. The number of anilines is 2. The number of carbonyl (C=O) groups is 1. The van der Waals surface area contributed by atoms with E-state index in [0.29, 0.717) is 5.02 Å². The molecule has 1 aromatic carbocycles. The largest absolute Gasteiger partial charge is 0.355 e. The number of hydrazine groups is 1. The Balaban J connectivity index is 2.30. The van der Waals surface area contributed by atoms with Crippen LogP contribution < -0.4 is 15.8 Å². The predicted molar refractivity (Wildman–Crippen MR) is 94.7 cm³/mol. The van der Waals surface area contributed by atoms with Crippen molar-refractivity contribution in [2.45, 2.75) is 0 Å². The van der Waals surface area contributed by atoms with Crippen LogP contribution in [-0.4, -0.2) is 33.9 Å². The second-order valence-electron chi connectivity index (χ2n) is 4.91. The van der Waals surface area contributed by atoms with E-state index in [4.69, 9.17) is 22.1 Å². The Labute approximate surface area is 157 Å². The molecule has 2 aromatic rings. The van der Waals surface area contributed by atoms with Gasteiger partial charge in [0, 0.05) is 10.6 Å². The van der Waals surface area contributed by atoms with Gasteiger partial charge >= 0.3 is 5.69 Å². The van der Waals surface area contributed by atoms with Crippen LogP contribution in [0.25, 0.3) is 0 Å². The van der Waals surface area contributed by atoms with Crippen LogP contribution in [0.4, 0.5) is 17.3 Å². The fourth-order valence-electron chi connectivity index (χ4n) is 2.05. The Bertz CT molecular complexity index is 937. The molecule has 0 atom stereocenters. The van der Waals surface area contributed by atoms with Gasteiger partial charge in [-0.05, 0) is 18.2 Å². The lowest BCUT2D eigenvalue weighted by atomic mass is 10.2. The number of hydrogen-bond donors (Lipinski definition) is 2. The molecule has 0 bridgehead atoms. The standard InChI is InChI=1S/C15H11ClN8O3/c16-11-3-1-2-10(8-11)15(25)22-21-13-12(24(26)27)14(20-9-19-13)23(6-4-17)7-5-18/h1-3,8-9H,6-7H2,(H,22,25)(H,19,20,21). The quantitative estimate of drug-likeness (QED) is 0.409. The third-order valence-electron chi connectivity index (χ3n) is 3.19. The number of nitro groups is 1. The smallest absolute Gasteiger partial charge is 0.324 e. The molecule has 0 spiro atoms. The zero-order chi connectivity index (χ0) is 19.8. The highest BCUT2D eigenvalue weighted by Crippen LogP contribution is 2.31. The fourth-order valence-corrected chi connectivity index (χ4v) is 2.25. The van der Waals surface area contributed by atoms with E-state index in [0.717, 1.165) is 11.2 Å². The van der Waals surface area contributed by atoms with Gasteiger partial charge < -0.3 is 4.90 Å². The number of aromatic nitrogens is 2. The van der Waals surface area contributed by atoms with Gasteiger partial charge in [-0.25, -0.2) is 9.97 Å². The lowest BCUT2D eigenvalue weighted by Crippen LogP contribution is -2.31. The molecular weight excluding hydrogens is 376 g/mol. The molecule has 27 heavy (non-hydrogen) atoms. The monoisotopic (exact) mass is 386 g/mol. The fraction of sp³-hybridized carbons (Fsp3) is 0.133. The molecular formula is C15H11ClN8O3. The summed E-state index contributed by atoms with van der Waals surface area (Å²) >= 11 is 5.82. The third-order valence-corrected chi connectivity index (χ3v) is 3.42. The van der Waals surface area contributed by atoms with Crippen LogP contribution in [-0.2, 0) is 0 Å². The molecule has 12 heteroatoms. The Hall–Kier alpha value is -3.96. The van der Waals surface area contributed by atoms with Crippen LogP contribution in [0, 0.1) is 32.8 Å². The lowest BCUT2D eigenvalue weighted by Gasteiger charge is -2.17. The minimum atomic E-state index is -0.773. The Morgan fingerprint density at radius 3 is 2.59 bits per heavy atom. The summed E-state index contributed by atoms with van der Waals surface area (Å²) < 4.78 is 0. The van der Waals surface area contributed by atoms with Crippen molar-refractivity contribution in [1.29, 1.82) is 10.5 Å². The highest BCUT2D eigenvalue weighted by molar-refractivity contribution is 6.30. The van der Waals surface area contributed by atoms with Gasteiger partial charge in [0.2, 0.25) is 11.6 Å². The predicted octanol–water partition coefficient (Wildman–Crippen LogP) is 1.65. The van der Waals surface area contributed by atoms with E-state index in [2.05, 4.69) is 20.8 Å². The van der Waals surface area contributed by atoms with Gasteiger partial charge in [0.1, 0.15) is 19.4 Å². The first-order valence-electron chi connectivity index (χ1n) is 7.28. The summed E-state index contributed by atoms with van der Waals surface area (Å²) in [5.74, 6) is -1.13. The first kappa shape index (κ1) is 19.4. The third kappa shape index (κ3) is 4.78. The van der Waals surface area contributed by atoms with E-state index in [-0.39, 0.29) is 30.3 Å². The molecule has 136 valence electrons. The van der Waals surface area contributed by atoms with Gasteiger partial charge in [0.25, 0.3) is 5.91 Å². The highest BCUT2D eigenvalue weighted by Gasteiger charge is 2.27. The van der Waals surface area contributed by atoms with E-state index in [1.54, 1.807) is 24.3 Å². The summed E-state index contributed by atoms with van der Waals surface area (Å²) in [6, 6.07) is 9.69. The van der Waals surface area contributed by atoms with Crippen LogP contribution >= 0.6 is 11.6 Å². The maximum atomic E-state index is 12.1. The van der Waals surface area contributed by atoms with Crippen molar-refractivity contribution in [1.82, 2.24) is 15.4 Å². The van der Waals surface area contributed by atoms with Crippen molar-refractivity contribution in [2.24, 2.45) is 0 Å². The average Bonchev–Trinajstić information content (AvgIpc) is 2.65. The highest BCUT2D eigenvalue weighted by atomic mass is 35.5. The summed E-state index contributed by atoms with van der Waals surface area (Å²) in [5.41, 5.74) is 4.28. The molecule has 1 heterocycles. The van der Waals surface area contributed by atoms with Gasteiger partial charge in [-0.1, -0.05) is 17.7 Å². The van der Waals surface area contributed by atoms with Crippen LogP contribution in [0.1, 0.15) is 10.4 Å². The van der Waals surface area contributed by atoms with E-state index in [1.165, 1.54) is 12.1 Å². The second-order valence-corrected chi connectivity index (χ2v) is 5.35. The van der Waals surface area contributed by atoms with Crippen molar-refractivity contribution in [2.75, 3.05) is 23.4 Å². The number of nitrogens with zero attached hydrogens (tertiary/aromatic N) is 6. The molecule has 11 nitrogen and oxygen atoms in total. The molecule has 2 N–H and O–H groups in total. The van der Waals surface area contributed by atoms with E-state index in [1.807, 2.05) is 0 Å². The zero-order valence-corrected chi connectivity index (χ0v) is 14.3. The van der Waals surface area contributed by atoms with Crippen LogP contribution in [0.15, 0.2) is 30.6 Å². The Morgan fingerprint density at radius 2 is 2.00 bits per heavy atom. The number of amides is 1. The number of nitrogens with one attached hydrogen (secondary N) is 2. The summed E-state index contributed by atoms with van der Waals surface area (Å²) in [5, 5.41) is 29.5. The summed E-state index contributed by atoms with van der Waals surface area (Å²) in [4.78, 5) is 31.5. The molecule has 0 saturated carbocycles. The first-order chi connectivity index (χ1) is 13.0. The van der Waals surface area contributed by atoms with Crippen molar-refractivity contribution >= 4 is 34.8 Å². The minimum Gasteiger partial charge on any atom is -0.324 e. The molecule has 0 aliphatic carbocycles. The molecule has 0 radical (unpaired) electrons. The molecule has 2 rings (SSSR count). The number of nitriles is 2. The molecule has 1 aromatic heterocycles. The van der Waals surface area contributed by atoms with Crippen LogP contribution in [0.5, 0.6) is 0 Å². The average molecular weight is 387 g/mol. The van der Waals surface area contributed by atoms with Crippen LogP contribution in [0.3, 0.4) is 0 Å². The summed E-state index contributed by atoms with van der Waals surface area (Å²) in [6.07, 6.45) is 1.01. The number of halogens is 1. The molecule has 1 amide bonds. The Morgan fingerprint density at radius 1 is 1.30 bits per heavy atom. The lowest BCUT2D eigenvalue weighted by molar-refractivity contribution is -0.383. The van der Waals surface area contributed by atoms with Crippen molar-refractivity contribution in [3.63, 3.8) is 0 Å².